The van der Waals surface area contributed by atoms with Crippen molar-refractivity contribution in [1.29, 1.82) is 0 Å². The lowest BCUT2D eigenvalue weighted by Crippen LogP contribution is -2.37. The molecular weight excluding hydrogens is 284 g/mol. The van der Waals surface area contributed by atoms with Crippen molar-refractivity contribution in [1.82, 2.24) is 5.32 Å². The molecule has 5 heteroatoms. The lowest BCUT2D eigenvalue weighted by Gasteiger charge is -2.22. The first-order chi connectivity index (χ1) is 9.90. The third kappa shape index (κ3) is 4.20. The van der Waals surface area contributed by atoms with Gasteiger partial charge >= 0.3 is 0 Å². The summed E-state index contributed by atoms with van der Waals surface area (Å²) in [4.78, 5) is 0. The number of rotatable bonds is 6. The molecule has 1 aliphatic rings. The molecule has 0 saturated heterocycles. The lowest BCUT2D eigenvalue weighted by molar-refractivity contribution is 0.553. The monoisotopic (exact) mass is 310 g/mol. The van der Waals surface area contributed by atoms with Gasteiger partial charge in [0.05, 0.1) is 10.9 Å². The summed E-state index contributed by atoms with van der Waals surface area (Å²) in [6.45, 7) is 6.23. The van der Waals surface area contributed by atoms with E-state index in [4.69, 9.17) is 0 Å². The quantitative estimate of drug-likeness (QED) is 0.849. The van der Waals surface area contributed by atoms with E-state index < -0.39 is 15.3 Å². The molecule has 0 fully saturated rings. The molecule has 0 heterocycles. The smallest absolute Gasteiger partial charge is 0.236 e. The minimum atomic E-state index is -3.35. The average molecular weight is 310 g/mol. The molecule has 1 aliphatic carbocycles. The Morgan fingerprint density at radius 3 is 2.57 bits per heavy atom. The van der Waals surface area contributed by atoms with Gasteiger partial charge in [-0.15, -0.1) is 0 Å². The van der Waals surface area contributed by atoms with Crippen molar-refractivity contribution in [2.45, 2.75) is 57.7 Å². The molecule has 0 aromatic heterocycles. The van der Waals surface area contributed by atoms with E-state index >= 15 is 0 Å². The Labute approximate surface area is 128 Å². The van der Waals surface area contributed by atoms with Gasteiger partial charge in [-0.2, -0.15) is 0 Å². The van der Waals surface area contributed by atoms with Gasteiger partial charge in [-0.05, 0) is 49.8 Å². The fourth-order valence-corrected chi connectivity index (χ4v) is 3.66. The molecule has 0 saturated carbocycles. The number of hydrogen-bond acceptors (Lipinski definition) is 3. The molecule has 2 rings (SSSR count). The van der Waals surface area contributed by atoms with E-state index in [2.05, 4.69) is 16.1 Å². The molecular formula is C16H26N2O2S. The van der Waals surface area contributed by atoms with Crippen molar-refractivity contribution >= 4 is 15.7 Å². The van der Waals surface area contributed by atoms with Crippen LogP contribution in [0.5, 0.6) is 0 Å². The highest BCUT2D eigenvalue weighted by atomic mass is 32.2. The maximum absolute atomic E-state index is 12.4. The summed E-state index contributed by atoms with van der Waals surface area (Å²) in [6, 6.07) is 6.21. The van der Waals surface area contributed by atoms with Crippen LogP contribution in [-0.2, 0) is 22.9 Å². The minimum Gasteiger partial charge on any atom is -0.313 e. The van der Waals surface area contributed by atoms with Gasteiger partial charge in [0.25, 0.3) is 0 Å². The standard InChI is InChI=1S/C16H26N2O2S/c1-12(2)17-11-13(3)21(19,20)18-16-10-6-8-14-7-4-5-9-15(14)16/h6,8,10,12-13,17-18H,4-5,7,9,11H2,1-3H3. The molecule has 1 aromatic rings. The first-order valence-corrected chi connectivity index (χ1v) is 9.30. The van der Waals surface area contributed by atoms with E-state index in [1.165, 1.54) is 17.5 Å². The van der Waals surface area contributed by atoms with Crippen LogP contribution in [0.4, 0.5) is 5.69 Å². The van der Waals surface area contributed by atoms with Crippen LogP contribution in [0.15, 0.2) is 18.2 Å². The van der Waals surface area contributed by atoms with Crippen LogP contribution in [0.3, 0.4) is 0 Å². The number of sulfonamides is 1. The number of hydrogen-bond donors (Lipinski definition) is 2. The van der Waals surface area contributed by atoms with Crippen LogP contribution >= 0.6 is 0 Å². The molecule has 1 aromatic carbocycles. The fraction of sp³-hybridized carbons (Fsp3) is 0.625. The van der Waals surface area contributed by atoms with Gasteiger partial charge in [0.15, 0.2) is 0 Å². The Morgan fingerprint density at radius 1 is 1.14 bits per heavy atom. The predicted molar refractivity (Wildman–Crippen MR) is 88.2 cm³/mol. The molecule has 118 valence electrons. The van der Waals surface area contributed by atoms with Gasteiger partial charge in [-0.25, -0.2) is 8.42 Å². The molecule has 2 N–H and O–H groups in total. The van der Waals surface area contributed by atoms with Crippen LogP contribution in [0.2, 0.25) is 0 Å². The molecule has 21 heavy (non-hydrogen) atoms. The summed E-state index contributed by atoms with van der Waals surface area (Å²) in [6.07, 6.45) is 4.34. The number of aryl methyl sites for hydroxylation is 1. The van der Waals surface area contributed by atoms with Crippen LogP contribution in [0.1, 0.15) is 44.7 Å². The zero-order chi connectivity index (χ0) is 15.5. The maximum atomic E-state index is 12.4. The fourth-order valence-electron chi connectivity index (χ4n) is 2.64. The highest BCUT2D eigenvalue weighted by Crippen LogP contribution is 2.28. The number of anilines is 1. The molecule has 0 amide bonds. The minimum absolute atomic E-state index is 0.284. The first-order valence-electron chi connectivity index (χ1n) is 7.76. The third-order valence-electron chi connectivity index (χ3n) is 3.99. The average Bonchev–Trinajstić information content (AvgIpc) is 2.44. The van der Waals surface area contributed by atoms with Crippen LogP contribution < -0.4 is 10.0 Å². The molecule has 0 radical (unpaired) electrons. The van der Waals surface area contributed by atoms with Gasteiger partial charge in [0.2, 0.25) is 10.0 Å². The third-order valence-corrected chi connectivity index (χ3v) is 5.72. The second-order valence-electron chi connectivity index (χ2n) is 6.17. The Balaban J connectivity index is 2.13. The van der Waals surface area contributed by atoms with Gasteiger partial charge in [-0.1, -0.05) is 26.0 Å². The second kappa shape index (κ2) is 6.79. The Bertz CT molecular complexity index is 582. The normalized spacial score (nSPS) is 16.6. The van der Waals surface area contributed by atoms with E-state index in [1.54, 1.807) is 6.92 Å². The van der Waals surface area contributed by atoms with Gasteiger partial charge in [0.1, 0.15) is 0 Å². The Kier molecular flexibility index (Phi) is 5.27. The van der Waals surface area contributed by atoms with E-state index in [9.17, 15) is 8.42 Å². The van der Waals surface area contributed by atoms with Crippen molar-refractivity contribution in [3.05, 3.63) is 29.3 Å². The van der Waals surface area contributed by atoms with Crippen molar-refractivity contribution in [3.8, 4) is 0 Å². The van der Waals surface area contributed by atoms with Gasteiger partial charge in [-0.3, -0.25) is 4.72 Å². The summed E-state index contributed by atoms with van der Waals surface area (Å²) in [7, 11) is -3.35. The summed E-state index contributed by atoms with van der Waals surface area (Å²) < 4.78 is 27.7. The number of nitrogens with one attached hydrogen (secondary N) is 2. The van der Waals surface area contributed by atoms with Gasteiger partial charge in [0, 0.05) is 12.6 Å². The largest absolute Gasteiger partial charge is 0.313 e. The molecule has 1 atom stereocenters. The Morgan fingerprint density at radius 2 is 1.86 bits per heavy atom. The van der Waals surface area contributed by atoms with Crippen LogP contribution in [0.25, 0.3) is 0 Å². The number of benzene rings is 1. The molecule has 0 aliphatic heterocycles. The highest BCUT2D eigenvalue weighted by Gasteiger charge is 2.23. The maximum Gasteiger partial charge on any atom is 0.236 e. The van der Waals surface area contributed by atoms with Crippen molar-refractivity contribution in [2.75, 3.05) is 11.3 Å². The van der Waals surface area contributed by atoms with Crippen LogP contribution in [-0.4, -0.2) is 26.3 Å². The Hall–Kier alpha value is -1.07. The SMILES string of the molecule is CC(C)NCC(C)S(=O)(=O)Nc1cccc2c1CCCC2. The van der Waals surface area contributed by atoms with E-state index in [1.807, 2.05) is 26.0 Å². The second-order valence-corrected chi connectivity index (χ2v) is 8.27. The van der Waals surface area contributed by atoms with E-state index in [0.29, 0.717) is 6.54 Å². The highest BCUT2D eigenvalue weighted by molar-refractivity contribution is 7.93. The first kappa shape index (κ1) is 16.3. The summed E-state index contributed by atoms with van der Waals surface area (Å²) in [5.74, 6) is 0. The summed E-state index contributed by atoms with van der Waals surface area (Å²) >= 11 is 0. The van der Waals surface area contributed by atoms with E-state index in [0.717, 1.165) is 24.9 Å². The zero-order valence-corrected chi connectivity index (χ0v) is 14.0. The summed E-state index contributed by atoms with van der Waals surface area (Å²) in [5, 5.41) is 2.72. The lowest BCUT2D eigenvalue weighted by atomic mass is 9.91. The molecule has 4 nitrogen and oxygen atoms in total. The van der Waals surface area contributed by atoms with E-state index in [-0.39, 0.29) is 6.04 Å². The number of fused-ring (bicyclic) bond motifs is 1. The van der Waals surface area contributed by atoms with Gasteiger partial charge < -0.3 is 5.32 Å². The molecule has 1 unspecified atom stereocenters. The summed E-state index contributed by atoms with van der Waals surface area (Å²) in [5.41, 5.74) is 3.23. The van der Waals surface area contributed by atoms with Crippen LogP contribution in [0, 0.1) is 0 Å². The predicted octanol–water partition coefficient (Wildman–Crippen LogP) is 2.69. The topological polar surface area (TPSA) is 58.2 Å². The molecule has 0 bridgehead atoms. The zero-order valence-electron chi connectivity index (χ0n) is 13.1. The van der Waals surface area contributed by atoms with Crippen molar-refractivity contribution < 1.29 is 8.42 Å². The van der Waals surface area contributed by atoms with Crippen molar-refractivity contribution in [3.63, 3.8) is 0 Å². The molecule has 0 spiro atoms. The van der Waals surface area contributed by atoms with Crippen molar-refractivity contribution in [2.24, 2.45) is 0 Å².